The summed E-state index contributed by atoms with van der Waals surface area (Å²) in [5, 5.41) is 0. The van der Waals surface area contributed by atoms with E-state index in [2.05, 4.69) is 58.4 Å². The predicted molar refractivity (Wildman–Crippen MR) is 57.8 cm³/mol. The van der Waals surface area contributed by atoms with E-state index in [1.54, 1.807) is 0 Å². The minimum absolute atomic E-state index is 0.640. The largest absolute Gasteiger partial charge is 0.330 e. The van der Waals surface area contributed by atoms with Crippen molar-refractivity contribution in [2.75, 3.05) is 27.7 Å². The van der Waals surface area contributed by atoms with Gasteiger partial charge in [0.2, 0.25) is 0 Å². The Labute approximate surface area is 81.6 Å². The van der Waals surface area contributed by atoms with Gasteiger partial charge >= 0.3 is 0 Å². The van der Waals surface area contributed by atoms with Crippen LogP contribution in [-0.4, -0.2) is 32.2 Å². The van der Waals surface area contributed by atoms with Gasteiger partial charge in [-0.15, -0.1) is 0 Å². The molecule has 1 aromatic carbocycles. The van der Waals surface area contributed by atoms with Crippen molar-refractivity contribution in [3.8, 4) is 0 Å². The third-order valence-electron chi connectivity index (χ3n) is 2.19. The van der Waals surface area contributed by atoms with Crippen molar-refractivity contribution in [3.63, 3.8) is 0 Å². The van der Waals surface area contributed by atoms with E-state index in [0.29, 0.717) is 5.92 Å². The summed E-state index contributed by atoms with van der Waals surface area (Å²) in [5.74, 6) is 0.640. The van der Waals surface area contributed by atoms with Gasteiger partial charge in [-0.05, 0) is 5.56 Å². The van der Waals surface area contributed by atoms with Gasteiger partial charge in [0, 0.05) is 5.92 Å². The van der Waals surface area contributed by atoms with Crippen molar-refractivity contribution in [2.24, 2.45) is 0 Å². The zero-order valence-electron chi connectivity index (χ0n) is 9.12. The fraction of sp³-hybridized carbons (Fsp3) is 0.500. The number of hydrogen-bond acceptors (Lipinski definition) is 0. The molecule has 72 valence electrons. The molecule has 1 rings (SSSR count). The second-order valence-corrected chi connectivity index (χ2v) is 4.78. The smallest absolute Gasteiger partial charge is 0.0847 e. The lowest BCUT2D eigenvalue weighted by atomic mass is 10.0. The lowest BCUT2D eigenvalue weighted by molar-refractivity contribution is -0.871. The molecule has 1 nitrogen and oxygen atoms in total. The molecular weight excluding hydrogens is 158 g/mol. The van der Waals surface area contributed by atoms with Gasteiger partial charge in [-0.3, -0.25) is 0 Å². The molecule has 0 saturated heterocycles. The molecule has 13 heavy (non-hydrogen) atoms. The van der Waals surface area contributed by atoms with Crippen LogP contribution in [0, 0.1) is 0 Å². The first-order valence-electron chi connectivity index (χ1n) is 4.84. The van der Waals surface area contributed by atoms with Gasteiger partial charge in [0.05, 0.1) is 27.7 Å². The van der Waals surface area contributed by atoms with Crippen LogP contribution in [0.3, 0.4) is 0 Å². The van der Waals surface area contributed by atoms with Crippen molar-refractivity contribution < 1.29 is 4.48 Å². The summed E-state index contributed by atoms with van der Waals surface area (Å²) in [5.41, 5.74) is 1.44. The Morgan fingerprint density at radius 3 is 2.08 bits per heavy atom. The van der Waals surface area contributed by atoms with Crippen molar-refractivity contribution in [1.82, 2.24) is 0 Å². The van der Waals surface area contributed by atoms with Crippen molar-refractivity contribution in [1.29, 1.82) is 0 Å². The zero-order valence-corrected chi connectivity index (χ0v) is 9.12. The SMILES string of the molecule is CC(C[N+](C)(C)C)c1ccccc1. The Hall–Kier alpha value is -0.820. The van der Waals surface area contributed by atoms with Crippen LogP contribution in [0.15, 0.2) is 30.3 Å². The number of likely N-dealkylation sites (N-methyl/N-ethyl adjacent to an activating group) is 1. The molecule has 0 fully saturated rings. The van der Waals surface area contributed by atoms with Crippen molar-refractivity contribution >= 4 is 0 Å². The second kappa shape index (κ2) is 3.93. The maximum absolute atomic E-state index is 2.29. The van der Waals surface area contributed by atoms with E-state index in [9.17, 15) is 0 Å². The van der Waals surface area contributed by atoms with Crippen LogP contribution in [0.25, 0.3) is 0 Å². The molecule has 1 atom stereocenters. The highest BCUT2D eigenvalue weighted by Crippen LogP contribution is 2.16. The van der Waals surface area contributed by atoms with E-state index in [-0.39, 0.29) is 0 Å². The first kappa shape index (κ1) is 10.3. The summed E-state index contributed by atoms with van der Waals surface area (Å²) in [6.07, 6.45) is 0. The Morgan fingerprint density at radius 1 is 1.08 bits per heavy atom. The Morgan fingerprint density at radius 2 is 1.62 bits per heavy atom. The van der Waals surface area contributed by atoms with Crippen LogP contribution in [-0.2, 0) is 0 Å². The lowest BCUT2D eigenvalue weighted by Gasteiger charge is -2.27. The summed E-state index contributed by atoms with van der Waals surface area (Å²) in [6, 6.07) is 10.7. The van der Waals surface area contributed by atoms with Gasteiger partial charge in [-0.1, -0.05) is 37.3 Å². The van der Waals surface area contributed by atoms with Crippen molar-refractivity contribution in [3.05, 3.63) is 35.9 Å². The summed E-state index contributed by atoms with van der Waals surface area (Å²) in [4.78, 5) is 0. The molecule has 0 aromatic heterocycles. The fourth-order valence-corrected chi connectivity index (χ4v) is 1.71. The average Bonchev–Trinajstić information content (AvgIpc) is 2.03. The fourth-order valence-electron chi connectivity index (χ4n) is 1.71. The molecule has 0 spiro atoms. The normalized spacial score (nSPS) is 14.2. The third-order valence-corrected chi connectivity index (χ3v) is 2.19. The van der Waals surface area contributed by atoms with Crippen LogP contribution < -0.4 is 0 Å². The van der Waals surface area contributed by atoms with Gasteiger partial charge < -0.3 is 4.48 Å². The van der Waals surface area contributed by atoms with E-state index >= 15 is 0 Å². The zero-order chi connectivity index (χ0) is 9.90. The Bertz CT molecular complexity index is 246. The van der Waals surface area contributed by atoms with Gasteiger partial charge in [-0.2, -0.15) is 0 Å². The molecule has 0 aliphatic rings. The maximum atomic E-state index is 2.29. The molecule has 0 aliphatic carbocycles. The number of quaternary nitrogens is 1. The number of hydrogen-bond donors (Lipinski definition) is 0. The average molecular weight is 178 g/mol. The van der Waals surface area contributed by atoms with Gasteiger partial charge in [0.15, 0.2) is 0 Å². The maximum Gasteiger partial charge on any atom is 0.0847 e. The molecule has 1 heteroatoms. The van der Waals surface area contributed by atoms with E-state index < -0.39 is 0 Å². The monoisotopic (exact) mass is 178 g/mol. The highest BCUT2D eigenvalue weighted by molar-refractivity contribution is 5.18. The van der Waals surface area contributed by atoms with Gasteiger partial charge in [-0.25, -0.2) is 0 Å². The topological polar surface area (TPSA) is 0 Å². The molecule has 0 bridgehead atoms. The van der Waals surface area contributed by atoms with Gasteiger partial charge in [0.25, 0.3) is 0 Å². The third kappa shape index (κ3) is 3.60. The number of rotatable bonds is 3. The molecule has 0 saturated carbocycles. The van der Waals surface area contributed by atoms with E-state index in [4.69, 9.17) is 0 Å². The molecule has 1 unspecified atom stereocenters. The van der Waals surface area contributed by atoms with Crippen LogP contribution in [0.5, 0.6) is 0 Å². The van der Waals surface area contributed by atoms with Crippen LogP contribution in [0.2, 0.25) is 0 Å². The first-order valence-corrected chi connectivity index (χ1v) is 4.84. The summed E-state index contributed by atoms with van der Waals surface area (Å²) in [7, 11) is 6.71. The molecule has 0 heterocycles. The quantitative estimate of drug-likeness (QED) is 0.624. The van der Waals surface area contributed by atoms with Gasteiger partial charge in [0.1, 0.15) is 0 Å². The number of benzene rings is 1. The molecule has 0 radical (unpaired) electrons. The van der Waals surface area contributed by atoms with Crippen LogP contribution >= 0.6 is 0 Å². The highest BCUT2D eigenvalue weighted by atomic mass is 15.3. The summed E-state index contributed by atoms with van der Waals surface area (Å²) < 4.78 is 1.02. The molecule has 0 N–H and O–H groups in total. The summed E-state index contributed by atoms with van der Waals surface area (Å²) in [6.45, 7) is 3.48. The van der Waals surface area contributed by atoms with E-state index in [0.717, 1.165) is 4.48 Å². The number of nitrogens with zero attached hydrogens (tertiary/aromatic N) is 1. The standard InChI is InChI=1S/C12H20N/c1-11(10-13(2,3)4)12-8-6-5-7-9-12/h5-9,11H,10H2,1-4H3/q+1. The molecule has 1 aromatic rings. The predicted octanol–water partition coefficient (Wildman–Crippen LogP) is 2.50. The minimum Gasteiger partial charge on any atom is -0.330 e. The molecule has 0 aliphatic heterocycles. The molecule has 0 amide bonds. The first-order chi connectivity index (χ1) is 5.99. The minimum atomic E-state index is 0.640. The van der Waals surface area contributed by atoms with E-state index in [1.165, 1.54) is 12.1 Å². The van der Waals surface area contributed by atoms with Crippen LogP contribution in [0.4, 0.5) is 0 Å². The highest BCUT2D eigenvalue weighted by Gasteiger charge is 2.14. The Kier molecular flexibility index (Phi) is 3.10. The Balaban J connectivity index is 2.64. The lowest BCUT2D eigenvalue weighted by Crippen LogP contribution is -2.37. The molecular formula is C12H20N+. The van der Waals surface area contributed by atoms with E-state index in [1.807, 2.05) is 0 Å². The summed E-state index contributed by atoms with van der Waals surface area (Å²) >= 11 is 0. The second-order valence-electron chi connectivity index (χ2n) is 4.78. The van der Waals surface area contributed by atoms with Crippen molar-refractivity contribution in [2.45, 2.75) is 12.8 Å². The van der Waals surface area contributed by atoms with Crippen LogP contribution in [0.1, 0.15) is 18.4 Å².